The first-order valence-electron chi connectivity index (χ1n) is 6.18. The minimum absolute atomic E-state index is 0.104. The summed E-state index contributed by atoms with van der Waals surface area (Å²) in [4.78, 5) is 25.8. The highest BCUT2D eigenvalue weighted by atomic mass is 35.5. The number of carbonyl (C=O) groups is 1. The van der Waals surface area contributed by atoms with Crippen LogP contribution in [0.3, 0.4) is 0 Å². The predicted molar refractivity (Wildman–Crippen MR) is 75.1 cm³/mol. The number of hydrogen-bond donors (Lipinski definition) is 0. The molecule has 0 atom stereocenters. The van der Waals surface area contributed by atoms with E-state index in [9.17, 15) is 14.9 Å². The van der Waals surface area contributed by atoms with E-state index in [0.717, 1.165) is 5.56 Å². The number of rotatable bonds is 3. The van der Waals surface area contributed by atoms with Crippen LogP contribution in [0.4, 0.5) is 5.69 Å². The highest BCUT2D eigenvalue weighted by Gasteiger charge is 2.22. The van der Waals surface area contributed by atoms with Gasteiger partial charge < -0.3 is 4.74 Å². The van der Waals surface area contributed by atoms with Gasteiger partial charge in [0.25, 0.3) is 5.88 Å². The van der Waals surface area contributed by atoms with Gasteiger partial charge in [0.2, 0.25) is 0 Å². The van der Waals surface area contributed by atoms with Crippen molar-refractivity contribution in [3.8, 4) is 11.6 Å². The average Bonchev–Trinajstić information content (AvgIpc) is 2.82. The number of ether oxygens (including phenoxy) is 1. The number of pyridine rings is 1. The van der Waals surface area contributed by atoms with Crippen molar-refractivity contribution in [1.29, 1.82) is 0 Å². The van der Waals surface area contributed by atoms with Crippen LogP contribution in [0, 0.1) is 10.1 Å². The summed E-state index contributed by atoms with van der Waals surface area (Å²) in [6.07, 6.45) is 2.42. The fourth-order valence-electron chi connectivity index (χ4n) is 2.23. The topological polar surface area (TPSA) is 82.3 Å². The molecule has 0 saturated carbocycles. The molecule has 1 aliphatic carbocycles. The quantitative estimate of drug-likeness (QED) is 0.639. The molecule has 6 nitrogen and oxygen atoms in total. The third-order valence-electron chi connectivity index (χ3n) is 3.21. The van der Waals surface area contributed by atoms with Crippen LogP contribution in [-0.2, 0) is 6.42 Å². The van der Waals surface area contributed by atoms with Crippen molar-refractivity contribution in [2.75, 3.05) is 0 Å². The zero-order valence-electron chi connectivity index (χ0n) is 10.7. The van der Waals surface area contributed by atoms with Crippen LogP contribution in [0.25, 0.3) is 0 Å². The van der Waals surface area contributed by atoms with Crippen molar-refractivity contribution < 1.29 is 14.5 Å². The maximum absolute atomic E-state index is 11.6. The summed E-state index contributed by atoms with van der Waals surface area (Å²) in [5.74, 6) is 0.377. The van der Waals surface area contributed by atoms with Crippen LogP contribution >= 0.6 is 11.6 Å². The molecule has 1 aliphatic rings. The Labute approximate surface area is 124 Å². The van der Waals surface area contributed by atoms with Crippen LogP contribution < -0.4 is 4.74 Å². The number of Topliss-reactive ketones (excluding diaryl/α,β-unsaturated/α-hetero) is 1. The Bertz CT molecular complexity index is 761. The number of aromatic nitrogens is 1. The summed E-state index contributed by atoms with van der Waals surface area (Å²) < 4.78 is 5.46. The van der Waals surface area contributed by atoms with Crippen molar-refractivity contribution in [3.63, 3.8) is 0 Å². The first-order valence-corrected chi connectivity index (χ1v) is 6.56. The SMILES string of the molecule is O=C1CCc2cc(Oc3ncc(Cl)cc3[N+](=O)[O-])ccc21. The van der Waals surface area contributed by atoms with Crippen molar-refractivity contribution >= 4 is 23.1 Å². The largest absolute Gasteiger partial charge is 0.434 e. The summed E-state index contributed by atoms with van der Waals surface area (Å²) in [6, 6.07) is 6.16. The second kappa shape index (κ2) is 5.14. The standard InChI is InChI=1S/C14H9ClN2O4/c15-9-6-12(17(19)20)14(16-7-9)21-10-2-3-11-8(5-10)1-4-13(11)18/h2-3,5-7H,1,4H2. The van der Waals surface area contributed by atoms with E-state index in [2.05, 4.69) is 4.98 Å². The van der Waals surface area contributed by atoms with Gasteiger partial charge in [0.15, 0.2) is 5.78 Å². The van der Waals surface area contributed by atoms with E-state index in [1.165, 1.54) is 12.3 Å². The number of carbonyl (C=O) groups excluding carboxylic acids is 1. The van der Waals surface area contributed by atoms with Gasteiger partial charge in [-0.25, -0.2) is 4.98 Å². The van der Waals surface area contributed by atoms with Gasteiger partial charge in [-0.15, -0.1) is 0 Å². The average molecular weight is 305 g/mol. The number of aryl methyl sites for hydroxylation is 1. The summed E-state index contributed by atoms with van der Waals surface area (Å²) >= 11 is 5.70. The summed E-state index contributed by atoms with van der Waals surface area (Å²) in [5.41, 5.74) is 1.26. The van der Waals surface area contributed by atoms with E-state index < -0.39 is 4.92 Å². The zero-order chi connectivity index (χ0) is 15.0. The highest BCUT2D eigenvalue weighted by molar-refractivity contribution is 6.30. The van der Waals surface area contributed by atoms with Gasteiger partial charge in [-0.1, -0.05) is 11.6 Å². The van der Waals surface area contributed by atoms with Gasteiger partial charge >= 0.3 is 5.69 Å². The lowest BCUT2D eigenvalue weighted by Crippen LogP contribution is -1.97. The third kappa shape index (κ3) is 2.57. The second-order valence-corrected chi connectivity index (χ2v) is 5.02. The Kier molecular flexibility index (Phi) is 3.31. The molecule has 1 aromatic carbocycles. The number of ketones is 1. The molecule has 0 N–H and O–H groups in total. The number of benzene rings is 1. The van der Waals surface area contributed by atoms with E-state index in [1.807, 2.05) is 0 Å². The number of halogens is 1. The lowest BCUT2D eigenvalue weighted by Gasteiger charge is -2.07. The molecule has 7 heteroatoms. The predicted octanol–water partition coefficient (Wildman–Crippen LogP) is 3.56. The summed E-state index contributed by atoms with van der Waals surface area (Å²) in [5, 5.41) is 11.1. The molecule has 0 fully saturated rings. The summed E-state index contributed by atoms with van der Waals surface area (Å²) in [6.45, 7) is 0. The molecule has 106 valence electrons. The van der Waals surface area contributed by atoms with Crippen LogP contribution in [-0.4, -0.2) is 15.7 Å². The van der Waals surface area contributed by atoms with Gasteiger partial charge in [-0.2, -0.15) is 0 Å². The fourth-order valence-corrected chi connectivity index (χ4v) is 2.38. The molecule has 0 amide bonds. The molecule has 2 aromatic rings. The number of nitrogens with zero attached hydrogens (tertiary/aromatic N) is 2. The monoisotopic (exact) mass is 304 g/mol. The fraction of sp³-hybridized carbons (Fsp3) is 0.143. The molecule has 0 bridgehead atoms. The molecule has 3 rings (SSSR count). The molecular formula is C14H9ClN2O4. The molecule has 21 heavy (non-hydrogen) atoms. The molecule has 1 aromatic heterocycles. The van der Waals surface area contributed by atoms with E-state index >= 15 is 0 Å². The molecule has 1 heterocycles. The molecule has 0 aliphatic heterocycles. The lowest BCUT2D eigenvalue weighted by atomic mass is 10.1. The van der Waals surface area contributed by atoms with Crippen LogP contribution in [0.1, 0.15) is 22.3 Å². The zero-order valence-corrected chi connectivity index (χ0v) is 11.5. The molecular weight excluding hydrogens is 296 g/mol. The molecule has 0 spiro atoms. The smallest absolute Gasteiger partial charge is 0.332 e. The Morgan fingerprint density at radius 1 is 1.29 bits per heavy atom. The van der Waals surface area contributed by atoms with E-state index in [1.54, 1.807) is 18.2 Å². The second-order valence-electron chi connectivity index (χ2n) is 4.58. The van der Waals surface area contributed by atoms with E-state index in [0.29, 0.717) is 24.2 Å². The summed E-state index contributed by atoms with van der Waals surface area (Å²) in [7, 11) is 0. The van der Waals surface area contributed by atoms with Crippen molar-refractivity contribution in [3.05, 3.63) is 56.7 Å². The van der Waals surface area contributed by atoms with E-state index in [-0.39, 0.29) is 22.4 Å². The Hall–Kier alpha value is -2.47. The minimum atomic E-state index is -0.606. The number of nitro groups is 1. The van der Waals surface area contributed by atoms with Gasteiger partial charge in [0.05, 0.1) is 16.1 Å². The first kappa shape index (κ1) is 13.5. The highest BCUT2D eigenvalue weighted by Crippen LogP contribution is 2.33. The Morgan fingerprint density at radius 3 is 2.86 bits per heavy atom. The van der Waals surface area contributed by atoms with E-state index in [4.69, 9.17) is 16.3 Å². The lowest BCUT2D eigenvalue weighted by molar-refractivity contribution is -0.386. The third-order valence-corrected chi connectivity index (χ3v) is 3.42. The van der Waals surface area contributed by atoms with Gasteiger partial charge in [-0.3, -0.25) is 14.9 Å². The molecule has 0 radical (unpaired) electrons. The van der Waals surface area contributed by atoms with Crippen LogP contribution in [0.5, 0.6) is 11.6 Å². The maximum Gasteiger partial charge on any atom is 0.332 e. The van der Waals surface area contributed by atoms with Crippen molar-refractivity contribution in [2.24, 2.45) is 0 Å². The first-order chi connectivity index (χ1) is 10.0. The van der Waals surface area contributed by atoms with Crippen LogP contribution in [0.2, 0.25) is 5.02 Å². The van der Waals surface area contributed by atoms with Crippen molar-refractivity contribution in [2.45, 2.75) is 12.8 Å². The van der Waals surface area contributed by atoms with Gasteiger partial charge in [0, 0.05) is 18.1 Å². The van der Waals surface area contributed by atoms with Gasteiger partial charge in [0.1, 0.15) is 5.75 Å². The molecule has 0 saturated heterocycles. The molecule has 0 unspecified atom stereocenters. The number of fused-ring (bicyclic) bond motifs is 1. The maximum atomic E-state index is 11.6. The normalized spacial score (nSPS) is 13.1. The number of hydrogen-bond acceptors (Lipinski definition) is 5. The van der Waals surface area contributed by atoms with Crippen molar-refractivity contribution in [1.82, 2.24) is 4.98 Å². The van der Waals surface area contributed by atoms with Gasteiger partial charge in [-0.05, 0) is 30.2 Å². The Balaban J connectivity index is 1.94. The Morgan fingerprint density at radius 2 is 2.10 bits per heavy atom. The minimum Gasteiger partial charge on any atom is -0.434 e. The van der Waals surface area contributed by atoms with Crippen LogP contribution in [0.15, 0.2) is 30.5 Å².